The highest BCUT2D eigenvalue weighted by molar-refractivity contribution is 5.80. The van der Waals surface area contributed by atoms with Crippen LogP contribution in [0.15, 0.2) is 18.2 Å². The van der Waals surface area contributed by atoms with Crippen LogP contribution >= 0.6 is 0 Å². The molecule has 1 aromatic rings. The Bertz CT molecular complexity index is 634. The van der Waals surface area contributed by atoms with E-state index in [4.69, 9.17) is 0 Å². The van der Waals surface area contributed by atoms with E-state index in [1.807, 2.05) is 25.1 Å². The third-order valence-electron chi connectivity index (χ3n) is 5.42. The summed E-state index contributed by atoms with van der Waals surface area (Å²) in [5, 5.41) is 12.5. The summed E-state index contributed by atoms with van der Waals surface area (Å²) in [6, 6.07) is 5.81. The topological polar surface area (TPSA) is 82.5 Å². The first-order valence-corrected chi connectivity index (χ1v) is 8.70. The predicted octanol–water partition coefficient (Wildman–Crippen LogP) is 2.22. The standard InChI is InChI=1S/C18H25N3O3/c1-13-5-2-7-15(20-13)8-4-10-19-17(24)21-11-14-6-3-9-18(14,12-21)16(22)23/h2,5,7,14H,3-4,6,8-12H2,1H3,(H,19,24)(H,22,23)/t14-,18+/m0/s1. The lowest BCUT2D eigenvalue weighted by molar-refractivity contribution is -0.149. The van der Waals surface area contributed by atoms with Gasteiger partial charge in [-0.05, 0) is 50.7 Å². The van der Waals surface area contributed by atoms with Crippen LogP contribution in [0, 0.1) is 18.3 Å². The van der Waals surface area contributed by atoms with Gasteiger partial charge in [-0.25, -0.2) is 4.79 Å². The largest absolute Gasteiger partial charge is 0.481 e. The van der Waals surface area contributed by atoms with Gasteiger partial charge in [-0.3, -0.25) is 9.78 Å². The summed E-state index contributed by atoms with van der Waals surface area (Å²) >= 11 is 0. The summed E-state index contributed by atoms with van der Waals surface area (Å²) in [4.78, 5) is 30.1. The fraction of sp³-hybridized carbons (Fsp3) is 0.611. The number of urea groups is 1. The highest BCUT2D eigenvalue weighted by Crippen LogP contribution is 2.48. The van der Waals surface area contributed by atoms with Crippen LogP contribution in [0.1, 0.15) is 37.1 Å². The molecule has 1 aromatic heterocycles. The van der Waals surface area contributed by atoms with Crippen molar-refractivity contribution >= 4 is 12.0 Å². The molecule has 3 rings (SSSR count). The summed E-state index contributed by atoms with van der Waals surface area (Å²) in [7, 11) is 0. The molecule has 0 unspecified atom stereocenters. The Labute approximate surface area is 142 Å². The Morgan fingerprint density at radius 2 is 2.29 bits per heavy atom. The van der Waals surface area contributed by atoms with Gasteiger partial charge in [0.1, 0.15) is 0 Å². The lowest BCUT2D eigenvalue weighted by Gasteiger charge is -2.23. The van der Waals surface area contributed by atoms with Crippen LogP contribution < -0.4 is 5.32 Å². The van der Waals surface area contributed by atoms with Crippen LogP contribution in [0.4, 0.5) is 4.79 Å². The molecule has 0 radical (unpaired) electrons. The molecule has 1 aliphatic heterocycles. The minimum Gasteiger partial charge on any atom is -0.481 e. The number of nitrogens with zero attached hydrogens (tertiary/aromatic N) is 2. The monoisotopic (exact) mass is 331 g/mol. The number of pyridine rings is 1. The maximum absolute atomic E-state index is 12.3. The van der Waals surface area contributed by atoms with Crippen molar-refractivity contribution in [2.45, 2.75) is 39.0 Å². The van der Waals surface area contributed by atoms with Gasteiger partial charge in [0.05, 0.1) is 5.41 Å². The SMILES string of the molecule is Cc1cccc(CCCNC(=O)N2C[C@@H]3CCC[C@@]3(C(=O)O)C2)n1. The summed E-state index contributed by atoms with van der Waals surface area (Å²) in [5.74, 6) is -0.636. The molecule has 6 heteroatoms. The van der Waals surface area contributed by atoms with Gasteiger partial charge >= 0.3 is 12.0 Å². The Morgan fingerprint density at radius 3 is 3.00 bits per heavy atom. The lowest BCUT2D eigenvalue weighted by atomic mass is 9.81. The van der Waals surface area contributed by atoms with E-state index in [9.17, 15) is 14.7 Å². The number of fused-ring (bicyclic) bond motifs is 1. The molecule has 2 atom stereocenters. The molecule has 0 aromatic carbocycles. The molecule has 2 aliphatic rings. The third kappa shape index (κ3) is 3.23. The minimum atomic E-state index is -0.745. The number of aliphatic carboxylic acids is 1. The van der Waals surface area contributed by atoms with Crippen LogP contribution in [0.2, 0.25) is 0 Å². The van der Waals surface area contributed by atoms with Crippen LogP contribution in [0.5, 0.6) is 0 Å². The van der Waals surface area contributed by atoms with Crippen molar-refractivity contribution in [2.75, 3.05) is 19.6 Å². The number of aromatic nitrogens is 1. The van der Waals surface area contributed by atoms with Gasteiger partial charge < -0.3 is 15.3 Å². The quantitative estimate of drug-likeness (QED) is 0.811. The van der Waals surface area contributed by atoms with Crippen molar-refractivity contribution in [3.63, 3.8) is 0 Å². The highest BCUT2D eigenvalue weighted by Gasteiger charge is 2.55. The smallest absolute Gasteiger partial charge is 0.317 e. The van der Waals surface area contributed by atoms with E-state index in [0.29, 0.717) is 26.1 Å². The van der Waals surface area contributed by atoms with Crippen molar-refractivity contribution < 1.29 is 14.7 Å². The Hall–Kier alpha value is -2.11. The van der Waals surface area contributed by atoms with Crippen molar-refractivity contribution in [2.24, 2.45) is 11.3 Å². The van der Waals surface area contributed by atoms with Crippen LogP contribution in [-0.4, -0.2) is 46.6 Å². The van der Waals surface area contributed by atoms with Gasteiger partial charge in [0.15, 0.2) is 0 Å². The van der Waals surface area contributed by atoms with Crippen LogP contribution in [0.3, 0.4) is 0 Å². The van der Waals surface area contributed by atoms with Crippen molar-refractivity contribution in [1.29, 1.82) is 0 Å². The average molecular weight is 331 g/mol. The van der Waals surface area contributed by atoms with Gasteiger partial charge in [-0.15, -0.1) is 0 Å². The van der Waals surface area contributed by atoms with Gasteiger partial charge in [0.25, 0.3) is 0 Å². The van der Waals surface area contributed by atoms with Crippen molar-refractivity contribution in [3.8, 4) is 0 Å². The summed E-state index contributed by atoms with van der Waals surface area (Å²) in [5.41, 5.74) is 1.33. The van der Waals surface area contributed by atoms with E-state index in [1.54, 1.807) is 4.90 Å². The van der Waals surface area contributed by atoms with E-state index >= 15 is 0 Å². The molecular formula is C18H25N3O3. The second-order valence-electron chi connectivity index (χ2n) is 7.04. The van der Waals surface area contributed by atoms with Gasteiger partial charge in [0.2, 0.25) is 0 Å². The molecule has 1 aliphatic carbocycles. The van der Waals surface area contributed by atoms with Gasteiger partial charge in [-0.2, -0.15) is 0 Å². The van der Waals surface area contributed by atoms with Crippen LogP contribution in [-0.2, 0) is 11.2 Å². The second kappa shape index (κ2) is 6.79. The molecular weight excluding hydrogens is 306 g/mol. The van der Waals surface area contributed by atoms with Crippen molar-refractivity contribution in [3.05, 3.63) is 29.6 Å². The van der Waals surface area contributed by atoms with Crippen molar-refractivity contribution in [1.82, 2.24) is 15.2 Å². The minimum absolute atomic E-state index is 0.109. The highest BCUT2D eigenvalue weighted by atomic mass is 16.4. The van der Waals surface area contributed by atoms with E-state index in [0.717, 1.165) is 37.1 Å². The number of aryl methyl sites for hydroxylation is 2. The summed E-state index contributed by atoms with van der Waals surface area (Å²) < 4.78 is 0. The fourth-order valence-corrected chi connectivity index (χ4v) is 4.11. The molecule has 0 bridgehead atoms. The Morgan fingerprint density at radius 1 is 1.46 bits per heavy atom. The summed E-state index contributed by atoms with van der Waals surface area (Å²) in [6.07, 6.45) is 4.20. The number of hydrogen-bond donors (Lipinski definition) is 2. The number of carbonyl (C=O) groups excluding carboxylic acids is 1. The number of carboxylic acid groups (broad SMARTS) is 1. The number of amides is 2. The Kier molecular flexibility index (Phi) is 4.73. The first-order chi connectivity index (χ1) is 11.5. The zero-order valence-corrected chi connectivity index (χ0v) is 14.1. The first-order valence-electron chi connectivity index (χ1n) is 8.70. The van der Waals surface area contributed by atoms with E-state index in [-0.39, 0.29) is 11.9 Å². The molecule has 1 saturated heterocycles. The number of carboxylic acids is 1. The molecule has 6 nitrogen and oxygen atoms in total. The number of hydrogen-bond acceptors (Lipinski definition) is 3. The normalized spacial score (nSPS) is 25.5. The summed E-state index contributed by atoms with van der Waals surface area (Å²) in [6.45, 7) is 3.46. The number of nitrogens with one attached hydrogen (secondary N) is 1. The third-order valence-corrected chi connectivity index (χ3v) is 5.42. The van der Waals surface area contributed by atoms with E-state index < -0.39 is 11.4 Å². The van der Waals surface area contributed by atoms with Gasteiger partial charge in [-0.1, -0.05) is 12.5 Å². The molecule has 0 spiro atoms. The molecule has 2 heterocycles. The number of carbonyl (C=O) groups is 2. The number of likely N-dealkylation sites (tertiary alicyclic amines) is 1. The molecule has 2 N–H and O–H groups in total. The molecule has 24 heavy (non-hydrogen) atoms. The lowest BCUT2D eigenvalue weighted by Crippen LogP contribution is -2.42. The molecule has 130 valence electrons. The van der Waals surface area contributed by atoms with E-state index in [2.05, 4.69) is 10.3 Å². The average Bonchev–Trinajstić information content (AvgIpc) is 3.09. The van der Waals surface area contributed by atoms with Crippen LogP contribution in [0.25, 0.3) is 0 Å². The van der Waals surface area contributed by atoms with E-state index in [1.165, 1.54) is 0 Å². The van der Waals surface area contributed by atoms with Gasteiger partial charge in [0, 0.05) is 31.0 Å². The second-order valence-corrected chi connectivity index (χ2v) is 7.04. The Balaban J connectivity index is 1.45. The zero-order valence-electron chi connectivity index (χ0n) is 14.1. The maximum Gasteiger partial charge on any atom is 0.317 e. The molecule has 2 fully saturated rings. The predicted molar refractivity (Wildman–Crippen MR) is 89.7 cm³/mol. The fourth-order valence-electron chi connectivity index (χ4n) is 4.11. The maximum atomic E-state index is 12.3. The first kappa shape index (κ1) is 16.7. The number of rotatable bonds is 5. The molecule has 2 amide bonds. The molecule has 1 saturated carbocycles. The zero-order chi connectivity index (χ0) is 17.2.